The first-order valence-corrected chi connectivity index (χ1v) is 6.27. The molecule has 2 heterocycles. The van der Waals surface area contributed by atoms with E-state index in [4.69, 9.17) is 0 Å². The molecule has 0 spiro atoms. The minimum atomic E-state index is 1.01. The maximum absolute atomic E-state index is 4.33. The molecule has 0 unspecified atom stereocenters. The fraction of sp³-hybridized carbons (Fsp3) is 0. The summed E-state index contributed by atoms with van der Waals surface area (Å²) < 4.78 is 2.52. The molecule has 15 heavy (non-hydrogen) atoms. The molecule has 0 fully saturated rings. The van der Waals surface area contributed by atoms with Crippen molar-refractivity contribution in [1.29, 1.82) is 0 Å². The Labute approximate surface area is 104 Å². The molecule has 0 atom stereocenters. The lowest BCUT2D eigenvalue weighted by molar-refractivity contribution is 1.59. The molecule has 0 saturated heterocycles. The van der Waals surface area contributed by atoms with Gasteiger partial charge < -0.3 is 0 Å². The third-order valence-electron chi connectivity index (χ3n) is 2.17. The number of benzene rings is 1. The molecule has 1 aliphatic heterocycles. The fourth-order valence-electron chi connectivity index (χ4n) is 1.52. The van der Waals surface area contributed by atoms with Crippen LogP contribution in [0, 0.1) is 3.57 Å². The van der Waals surface area contributed by atoms with Gasteiger partial charge in [0, 0.05) is 19.7 Å². The Hall–Kier alpha value is -0.970. The first-order chi connectivity index (χ1) is 7.34. The molecule has 0 N–H and O–H groups in total. The largest absolute Gasteiger partial charge is 0.234 e. The lowest BCUT2D eigenvalue weighted by Crippen LogP contribution is -1.69. The van der Waals surface area contributed by atoms with Gasteiger partial charge in [0.15, 0.2) is 0 Å². The predicted molar refractivity (Wildman–Crippen MR) is 74.6 cm³/mol. The van der Waals surface area contributed by atoms with Gasteiger partial charge in [-0.05, 0) is 40.6 Å². The second-order valence-electron chi connectivity index (χ2n) is 3.10. The summed E-state index contributed by atoms with van der Waals surface area (Å²) in [5, 5.41) is 1.20. The van der Waals surface area contributed by atoms with Gasteiger partial charge in [0.1, 0.15) is 6.34 Å². The summed E-state index contributed by atoms with van der Waals surface area (Å²) in [6.07, 6.45) is 3.44. The van der Waals surface area contributed by atoms with E-state index >= 15 is 0 Å². The molecule has 72 valence electrons. The number of nitrogens with zero attached hydrogens (tertiary/aromatic N) is 2. The second kappa shape index (κ2) is 3.56. The van der Waals surface area contributed by atoms with E-state index in [1.165, 1.54) is 13.7 Å². The average molecular weight is 324 g/mol. The molecule has 1 aromatic heterocycles. The van der Waals surface area contributed by atoms with Crippen LogP contribution in [0.15, 0.2) is 28.2 Å². The fourth-order valence-corrected chi connectivity index (χ4v) is 3.29. The highest BCUT2D eigenvalue weighted by Crippen LogP contribution is 2.39. The number of aliphatic imine (C=N–C) groups is 2. The number of rotatable bonds is 0. The highest BCUT2D eigenvalue weighted by molar-refractivity contribution is 14.1. The standard InChI is InChI=1S/C11H5IN2S/c12-7-1-2-8-10(5-7)15-9-3-4-13-6-14-11(8)9/h1-3,5-6H. The third-order valence-corrected chi connectivity index (χ3v) is 3.93. The molecule has 4 heteroatoms. The number of hydrogen-bond acceptors (Lipinski definition) is 3. The molecule has 0 radical (unpaired) electrons. The molecule has 0 aliphatic carbocycles. The topological polar surface area (TPSA) is 24.7 Å². The van der Waals surface area contributed by atoms with Crippen molar-refractivity contribution in [3.8, 4) is 0 Å². The van der Waals surface area contributed by atoms with Crippen LogP contribution in [0.3, 0.4) is 0 Å². The second-order valence-corrected chi connectivity index (χ2v) is 5.43. The Balaban J connectivity index is 2.42. The minimum Gasteiger partial charge on any atom is -0.234 e. The number of fused-ring (bicyclic) bond motifs is 3. The van der Waals surface area contributed by atoms with Crippen molar-refractivity contribution >= 4 is 68.0 Å². The van der Waals surface area contributed by atoms with E-state index in [0.29, 0.717) is 0 Å². The molecule has 0 saturated carbocycles. The van der Waals surface area contributed by atoms with Crippen LogP contribution in [0.2, 0.25) is 0 Å². The maximum Gasteiger partial charge on any atom is 0.126 e. The van der Waals surface area contributed by atoms with Crippen molar-refractivity contribution in [3.05, 3.63) is 26.6 Å². The van der Waals surface area contributed by atoms with Gasteiger partial charge in [0.2, 0.25) is 0 Å². The summed E-state index contributed by atoms with van der Waals surface area (Å²) in [4.78, 5) is 9.35. The molecule has 1 aromatic carbocycles. The van der Waals surface area contributed by atoms with E-state index in [0.717, 1.165) is 10.6 Å². The maximum atomic E-state index is 4.33. The lowest BCUT2D eigenvalue weighted by atomic mass is 10.2. The summed E-state index contributed by atoms with van der Waals surface area (Å²) in [5.74, 6) is 2.84. The monoisotopic (exact) mass is 324 g/mol. The normalized spacial score (nSPS) is 13.1. The minimum absolute atomic E-state index is 1.01. The van der Waals surface area contributed by atoms with Gasteiger partial charge in [-0.1, -0.05) is 6.07 Å². The van der Waals surface area contributed by atoms with E-state index in [1.54, 1.807) is 17.7 Å². The van der Waals surface area contributed by atoms with E-state index < -0.39 is 0 Å². The smallest absolute Gasteiger partial charge is 0.126 e. The third kappa shape index (κ3) is 1.55. The summed E-state index contributed by atoms with van der Waals surface area (Å²) in [6.45, 7) is 0. The number of halogens is 1. The van der Waals surface area contributed by atoms with E-state index in [9.17, 15) is 0 Å². The first kappa shape index (κ1) is 9.27. The van der Waals surface area contributed by atoms with E-state index in [-0.39, 0.29) is 0 Å². The molecule has 0 amide bonds. The van der Waals surface area contributed by atoms with Crippen LogP contribution in [0.1, 0.15) is 4.88 Å². The van der Waals surface area contributed by atoms with Crippen LogP contribution >= 0.6 is 33.9 Å². The first-order valence-electron chi connectivity index (χ1n) is 4.38. The predicted octanol–water partition coefficient (Wildman–Crippen LogP) is 3.86. The van der Waals surface area contributed by atoms with Gasteiger partial charge in [0.05, 0.1) is 10.6 Å². The van der Waals surface area contributed by atoms with Crippen molar-refractivity contribution in [2.24, 2.45) is 9.98 Å². The van der Waals surface area contributed by atoms with Gasteiger partial charge in [-0.3, -0.25) is 0 Å². The van der Waals surface area contributed by atoms with Crippen molar-refractivity contribution in [1.82, 2.24) is 0 Å². The Morgan fingerprint density at radius 2 is 2.27 bits per heavy atom. The van der Waals surface area contributed by atoms with Crippen molar-refractivity contribution in [2.45, 2.75) is 0 Å². The van der Waals surface area contributed by atoms with Crippen LogP contribution in [-0.2, 0) is 0 Å². The Morgan fingerprint density at radius 3 is 3.20 bits per heavy atom. The van der Waals surface area contributed by atoms with Gasteiger partial charge in [0.25, 0.3) is 0 Å². The zero-order valence-corrected chi connectivity index (χ0v) is 10.5. The van der Waals surface area contributed by atoms with E-state index in [2.05, 4.69) is 56.6 Å². The summed E-state index contributed by atoms with van der Waals surface area (Å²) >= 11 is 4.05. The molecule has 0 bridgehead atoms. The average Bonchev–Trinajstić information content (AvgIpc) is 2.42. The van der Waals surface area contributed by atoms with Gasteiger partial charge in [-0.25, -0.2) is 4.99 Å². The molecular weight excluding hydrogens is 319 g/mol. The van der Waals surface area contributed by atoms with Crippen LogP contribution in [0.25, 0.3) is 16.2 Å². The van der Waals surface area contributed by atoms with Crippen LogP contribution in [0.5, 0.6) is 0 Å². The number of thiophene rings is 1. The van der Waals surface area contributed by atoms with Gasteiger partial charge in [-0.15, -0.1) is 11.3 Å². The zero-order chi connectivity index (χ0) is 10.3. The molecule has 2 aromatic rings. The van der Waals surface area contributed by atoms with E-state index in [1.807, 2.05) is 6.08 Å². The molecule has 1 aliphatic rings. The molecule has 3 rings (SSSR count). The highest BCUT2D eigenvalue weighted by atomic mass is 127. The van der Waals surface area contributed by atoms with Crippen LogP contribution in [0.4, 0.5) is 5.69 Å². The van der Waals surface area contributed by atoms with Gasteiger partial charge in [-0.2, -0.15) is 4.99 Å². The summed E-state index contributed by atoms with van der Waals surface area (Å²) in [6, 6.07) is 6.39. The van der Waals surface area contributed by atoms with Crippen molar-refractivity contribution in [3.63, 3.8) is 0 Å². The summed E-state index contributed by atoms with van der Waals surface area (Å²) in [7, 11) is 0. The Kier molecular flexibility index (Phi) is 2.20. The quantitative estimate of drug-likeness (QED) is 0.658. The number of hydrogen-bond donors (Lipinski definition) is 0. The Morgan fingerprint density at radius 1 is 1.33 bits per heavy atom. The van der Waals surface area contributed by atoms with Gasteiger partial charge >= 0.3 is 0 Å². The lowest BCUT2D eigenvalue weighted by Gasteiger charge is -1.92. The SMILES string of the molecule is Ic1ccc2c3c(sc2c1)C=C=NC=N3. The highest BCUT2D eigenvalue weighted by Gasteiger charge is 2.10. The van der Waals surface area contributed by atoms with Crippen molar-refractivity contribution in [2.75, 3.05) is 0 Å². The van der Waals surface area contributed by atoms with Crippen LogP contribution in [-0.4, -0.2) is 12.2 Å². The molecule has 2 nitrogen and oxygen atoms in total. The zero-order valence-electron chi connectivity index (χ0n) is 7.57. The summed E-state index contributed by atoms with van der Waals surface area (Å²) in [5.41, 5.74) is 1.01. The molecular formula is C11H5IN2S. The van der Waals surface area contributed by atoms with Crippen LogP contribution < -0.4 is 0 Å². The Bertz CT molecular complexity index is 633. The van der Waals surface area contributed by atoms with Crippen molar-refractivity contribution < 1.29 is 0 Å².